The maximum absolute atomic E-state index is 16.2. The first-order valence-electron chi connectivity index (χ1n) is 16.8. The van der Waals surface area contributed by atoms with Crippen molar-refractivity contribution >= 4 is 24.7 Å². The van der Waals surface area contributed by atoms with Crippen LogP contribution in [0.25, 0.3) is 0 Å². The summed E-state index contributed by atoms with van der Waals surface area (Å²) in [7, 11) is -1.23. The highest BCUT2D eigenvalue weighted by Crippen LogP contribution is 2.38. The summed E-state index contributed by atoms with van der Waals surface area (Å²) >= 11 is 0. The van der Waals surface area contributed by atoms with E-state index in [1.807, 2.05) is 80.6 Å². The molecule has 0 aliphatic carbocycles. The first kappa shape index (κ1) is 37.5. The summed E-state index contributed by atoms with van der Waals surface area (Å²) in [6.45, 7) is 11.5. The van der Waals surface area contributed by atoms with Crippen molar-refractivity contribution in [2.24, 2.45) is 5.92 Å². The molecule has 0 saturated heterocycles. The number of benzene rings is 4. The van der Waals surface area contributed by atoms with E-state index in [1.165, 1.54) is 6.08 Å². The summed E-state index contributed by atoms with van der Waals surface area (Å²) in [6.07, 6.45) is 3.87. The van der Waals surface area contributed by atoms with E-state index in [0.29, 0.717) is 25.2 Å². The van der Waals surface area contributed by atoms with Gasteiger partial charge in [0, 0.05) is 12.0 Å². The van der Waals surface area contributed by atoms with Gasteiger partial charge in [-0.3, -0.25) is 0 Å². The molecule has 0 saturated carbocycles. The number of methoxy groups -OCH3 is 1. The third-order valence-corrected chi connectivity index (χ3v) is 13.8. The number of hydrogen-bond donors (Lipinski definition) is 0. The Balaban J connectivity index is 1.52. The Morgan fingerprint density at radius 2 is 1.37 bits per heavy atom. The molecule has 3 atom stereocenters. The molecule has 1 unspecified atom stereocenters. The number of esters is 1. The fourth-order valence-electron chi connectivity index (χ4n) is 5.79. The number of rotatable bonds is 16. The molecule has 7 heteroatoms. The quantitative estimate of drug-likeness (QED) is 0.0513. The van der Waals surface area contributed by atoms with Crippen molar-refractivity contribution in [2.45, 2.75) is 64.9 Å². The van der Waals surface area contributed by atoms with Crippen molar-refractivity contribution in [3.63, 3.8) is 0 Å². The maximum Gasteiger partial charge on any atom is 0.339 e. The standard InChI is InChI=1S/C42H49FO5Si/c1-32(33(2)48-49(42(3,4)5,37-20-12-8-13-21-37)38-22-14-9-15-23-38)30-39(43)40(47-41(44)35-18-10-7-11-19-35)24-16-17-29-46-31-34-25-27-36(45-6)28-26-34/h7-16,18-28,30,32-33,40H,17,29,31H2,1-6H3/b24-16-,39-30+/t32-,33+,40?/m1/s1. The van der Waals surface area contributed by atoms with Gasteiger partial charge in [-0.15, -0.1) is 0 Å². The summed E-state index contributed by atoms with van der Waals surface area (Å²) in [5, 5.41) is 2.09. The van der Waals surface area contributed by atoms with Crippen molar-refractivity contribution in [1.29, 1.82) is 0 Å². The fourth-order valence-corrected chi connectivity index (χ4v) is 10.6. The van der Waals surface area contributed by atoms with E-state index in [9.17, 15) is 4.79 Å². The van der Waals surface area contributed by atoms with Crippen LogP contribution in [-0.4, -0.2) is 40.2 Å². The zero-order valence-electron chi connectivity index (χ0n) is 29.5. The summed E-state index contributed by atoms with van der Waals surface area (Å²) in [4.78, 5) is 13.0. The fraction of sp³-hybridized carbons (Fsp3) is 0.310. The van der Waals surface area contributed by atoms with Crippen molar-refractivity contribution in [1.82, 2.24) is 0 Å². The van der Waals surface area contributed by atoms with Crippen molar-refractivity contribution < 1.29 is 27.8 Å². The Hall–Kier alpha value is -4.30. The van der Waals surface area contributed by atoms with E-state index in [-0.39, 0.29) is 17.1 Å². The van der Waals surface area contributed by atoms with Crippen LogP contribution in [0.4, 0.5) is 4.39 Å². The Kier molecular flexibility index (Phi) is 13.7. The average molecular weight is 681 g/mol. The monoisotopic (exact) mass is 680 g/mol. The minimum Gasteiger partial charge on any atom is -0.497 e. The van der Waals surface area contributed by atoms with Gasteiger partial charge in [-0.05, 0) is 70.7 Å². The largest absolute Gasteiger partial charge is 0.497 e. The number of carbonyl (C=O) groups excluding carboxylic acids is 1. The minimum atomic E-state index is -2.86. The van der Waals surface area contributed by atoms with E-state index in [2.05, 4.69) is 45.0 Å². The Morgan fingerprint density at radius 1 is 0.816 bits per heavy atom. The van der Waals surface area contributed by atoms with E-state index < -0.39 is 26.2 Å². The van der Waals surface area contributed by atoms with Crippen molar-refractivity contribution in [2.75, 3.05) is 13.7 Å². The van der Waals surface area contributed by atoms with Crippen LogP contribution in [0.3, 0.4) is 0 Å². The third-order valence-electron chi connectivity index (χ3n) is 8.62. The molecule has 0 N–H and O–H groups in total. The zero-order valence-corrected chi connectivity index (χ0v) is 30.5. The number of ether oxygens (including phenoxy) is 3. The van der Waals surface area contributed by atoms with Gasteiger partial charge in [0.1, 0.15) is 11.6 Å². The summed E-state index contributed by atoms with van der Waals surface area (Å²) < 4.78 is 40.1. The summed E-state index contributed by atoms with van der Waals surface area (Å²) in [5.74, 6) is -0.694. The Bertz CT molecular complexity index is 1590. The molecule has 0 bridgehead atoms. The molecule has 0 heterocycles. The second-order valence-electron chi connectivity index (χ2n) is 13.2. The predicted octanol–water partition coefficient (Wildman–Crippen LogP) is 8.84. The molecular weight excluding hydrogens is 632 g/mol. The molecule has 0 radical (unpaired) electrons. The normalized spacial score (nSPS) is 14.3. The second-order valence-corrected chi connectivity index (χ2v) is 17.5. The van der Waals surface area contributed by atoms with Crippen LogP contribution in [-0.2, 0) is 20.5 Å². The molecule has 258 valence electrons. The Morgan fingerprint density at radius 3 is 1.90 bits per heavy atom. The van der Waals surface area contributed by atoms with Crippen LogP contribution in [0.1, 0.15) is 57.0 Å². The van der Waals surface area contributed by atoms with Crippen LogP contribution < -0.4 is 15.1 Å². The predicted molar refractivity (Wildman–Crippen MR) is 199 cm³/mol. The lowest BCUT2D eigenvalue weighted by Crippen LogP contribution is -2.67. The van der Waals surface area contributed by atoms with Crippen molar-refractivity contribution in [3.8, 4) is 5.75 Å². The number of halogens is 1. The van der Waals surface area contributed by atoms with Gasteiger partial charge in [-0.25, -0.2) is 9.18 Å². The molecular formula is C42H49FO5Si. The van der Waals surface area contributed by atoms with Crippen molar-refractivity contribution in [3.05, 3.63) is 150 Å². The molecule has 49 heavy (non-hydrogen) atoms. The third kappa shape index (κ3) is 10.1. The zero-order chi connectivity index (χ0) is 35.3. The molecule has 0 aromatic heterocycles. The molecule has 4 rings (SSSR count). The van der Waals surface area contributed by atoms with Crippen LogP contribution in [0.2, 0.25) is 5.04 Å². The molecule has 0 aliphatic heterocycles. The maximum atomic E-state index is 16.2. The van der Waals surface area contributed by atoms with E-state index >= 15 is 4.39 Å². The highest BCUT2D eigenvalue weighted by atomic mass is 28.4. The highest BCUT2D eigenvalue weighted by Gasteiger charge is 2.51. The molecule has 0 spiro atoms. The van der Waals surface area contributed by atoms with Crippen LogP contribution in [0.5, 0.6) is 5.75 Å². The van der Waals surface area contributed by atoms with Gasteiger partial charge in [-0.1, -0.05) is 125 Å². The molecule has 4 aromatic carbocycles. The van der Waals surface area contributed by atoms with Gasteiger partial charge in [0.25, 0.3) is 8.32 Å². The van der Waals surface area contributed by atoms with E-state index in [4.69, 9.17) is 18.6 Å². The SMILES string of the molecule is COc1ccc(COCC/C=C\C(OC(=O)c2ccccc2)/C(F)=C\[C@@H](C)[C@H](C)O[Si](c2ccccc2)(c2ccccc2)C(C)(C)C)cc1. The molecule has 0 amide bonds. The van der Waals surface area contributed by atoms with E-state index in [1.54, 1.807) is 43.5 Å². The summed E-state index contributed by atoms with van der Waals surface area (Å²) in [5.41, 5.74) is 1.38. The van der Waals surface area contributed by atoms with Crippen LogP contribution in [0, 0.1) is 5.92 Å². The first-order chi connectivity index (χ1) is 23.5. The van der Waals surface area contributed by atoms with Gasteiger partial charge in [0.05, 0.1) is 25.9 Å². The molecule has 0 aliphatic rings. The molecule has 5 nitrogen and oxygen atoms in total. The van der Waals surface area contributed by atoms with Crippen LogP contribution >= 0.6 is 0 Å². The van der Waals surface area contributed by atoms with Gasteiger partial charge in [0.15, 0.2) is 6.10 Å². The first-order valence-corrected chi connectivity index (χ1v) is 18.8. The molecule has 4 aromatic rings. The topological polar surface area (TPSA) is 54.0 Å². The van der Waals surface area contributed by atoms with Gasteiger partial charge >= 0.3 is 5.97 Å². The Labute approximate surface area is 292 Å². The summed E-state index contributed by atoms with van der Waals surface area (Å²) in [6, 6.07) is 37.1. The smallest absolute Gasteiger partial charge is 0.339 e. The molecule has 0 fully saturated rings. The van der Waals surface area contributed by atoms with E-state index in [0.717, 1.165) is 21.7 Å². The number of hydrogen-bond acceptors (Lipinski definition) is 5. The second kappa shape index (κ2) is 17.9. The minimum absolute atomic E-state index is 0.224. The lowest BCUT2D eigenvalue weighted by atomic mass is 10.0. The highest BCUT2D eigenvalue weighted by molar-refractivity contribution is 6.99. The van der Waals surface area contributed by atoms with Gasteiger partial charge < -0.3 is 18.6 Å². The number of carbonyl (C=O) groups is 1. The lowest BCUT2D eigenvalue weighted by Gasteiger charge is -2.45. The average Bonchev–Trinajstić information content (AvgIpc) is 3.12. The lowest BCUT2D eigenvalue weighted by molar-refractivity contribution is 0.0413. The van der Waals surface area contributed by atoms with Crippen LogP contribution in [0.15, 0.2) is 139 Å². The van der Waals surface area contributed by atoms with Gasteiger partial charge in [0.2, 0.25) is 0 Å². The van der Waals surface area contributed by atoms with Gasteiger partial charge in [-0.2, -0.15) is 0 Å².